The monoisotopic (exact) mass is 301 g/mol. The summed E-state index contributed by atoms with van der Waals surface area (Å²) in [5.74, 6) is -0.250. The molecule has 0 fully saturated rings. The summed E-state index contributed by atoms with van der Waals surface area (Å²) in [6.07, 6.45) is 4.92. The first-order chi connectivity index (χ1) is 10.6. The molecule has 1 amide bonds. The van der Waals surface area contributed by atoms with E-state index in [9.17, 15) is 9.59 Å². The molecule has 0 radical (unpaired) electrons. The van der Waals surface area contributed by atoms with Crippen LogP contribution in [0.2, 0.25) is 0 Å². The fraction of sp³-hybridized carbons (Fsp3) is 0.294. The van der Waals surface area contributed by atoms with Crippen molar-refractivity contribution in [1.82, 2.24) is 5.32 Å². The maximum atomic E-state index is 12.3. The predicted molar refractivity (Wildman–Crippen MR) is 85.8 cm³/mol. The third-order valence-corrected chi connectivity index (χ3v) is 3.19. The van der Waals surface area contributed by atoms with Gasteiger partial charge in [-0.25, -0.2) is 0 Å². The lowest BCUT2D eigenvalue weighted by Gasteiger charge is -2.01. The Bertz CT molecular complexity index is 746. The van der Waals surface area contributed by atoms with E-state index in [4.69, 9.17) is 9.15 Å². The van der Waals surface area contributed by atoms with E-state index in [2.05, 4.69) is 5.32 Å². The number of amides is 1. The van der Waals surface area contributed by atoms with Crippen LogP contribution in [0.25, 0.3) is 17.0 Å². The van der Waals surface area contributed by atoms with Crippen molar-refractivity contribution < 1.29 is 13.9 Å². The van der Waals surface area contributed by atoms with Gasteiger partial charge in [-0.1, -0.05) is 11.6 Å². The molecule has 5 nitrogen and oxygen atoms in total. The number of nitrogens with one attached hydrogen (secondary N) is 1. The van der Waals surface area contributed by atoms with Gasteiger partial charge in [-0.15, -0.1) is 0 Å². The van der Waals surface area contributed by atoms with Crippen LogP contribution in [0, 0.1) is 6.92 Å². The van der Waals surface area contributed by atoms with E-state index in [1.165, 1.54) is 18.4 Å². The Morgan fingerprint density at radius 3 is 3.00 bits per heavy atom. The lowest BCUT2D eigenvalue weighted by Crippen LogP contribution is -2.23. The zero-order valence-corrected chi connectivity index (χ0v) is 12.7. The minimum Gasteiger partial charge on any atom is -0.463 e. The first-order valence-corrected chi connectivity index (χ1v) is 7.09. The Labute approximate surface area is 128 Å². The van der Waals surface area contributed by atoms with Crippen LogP contribution in [0.5, 0.6) is 0 Å². The Morgan fingerprint density at radius 2 is 2.23 bits per heavy atom. The molecule has 0 aliphatic heterocycles. The van der Waals surface area contributed by atoms with Gasteiger partial charge in [0.2, 0.25) is 5.91 Å². The van der Waals surface area contributed by atoms with Crippen molar-refractivity contribution in [3.63, 3.8) is 0 Å². The van der Waals surface area contributed by atoms with Crippen LogP contribution in [0.1, 0.15) is 17.5 Å². The number of fused-ring (bicyclic) bond motifs is 1. The molecule has 0 atom stereocenters. The van der Waals surface area contributed by atoms with Crippen molar-refractivity contribution in [3.8, 4) is 0 Å². The number of hydrogen-bond donors (Lipinski definition) is 1. The van der Waals surface area contributed by atoms with Crippen LogP contribution >= 0.6 is 0 Å². The van der Waals surface area contributed by atoms with Crippen molar-refractivity contribution in [1.29, 1.82) is 0 Å². The average Bonchev–Trinajstić information content (AvgIpc) is 2.51. The van der Waals surface area contributed by atoms with Crippen LogP contribution in [-0.4, -0.2) is 26.2 Å². The molecule has 1 N–H and O–H groups in total. The highest BCUT2D eigenvalue weighted by Crippen LogP contribution is 2.13. The first kappa shape index (κ1) is 16.0. The van der Waals surface area contributed by atoms with Gasteiger partial charge in [0, 0.05) is 26.3 Å². The number of carbonyl (C=O) groups excluding carboxylic acids is 1. The fourth-order valence-corrected chi connectivity index (χ4v) is 2.03. The van der Waals surface area contributed by atoms with E-state index in [-0.39, 0.29) is 11.3 Å². The molecule has 0 unspecified atom stereocenters. The summed E-state index contributed by atoms with van der Waals surface area (Å²) in [5, 5.41) is 3.23. The minimum atomic E-state index is -0.250. The number of hydrogen-bond acceptors (Lipinski definition) is 4. The number of rotatable bonds is 6. The summed E-state index contributed by atoms with van der Waals surface area (Å²) in [6, 6.07) is 5.43. The van der Waals surface area contributed by atoms with Crippen LogP contribution in [0.3, 0.4) is 0 Å². The molecule has 22 heavy (non-hydrogen) atoms. The third kappa shape index (κ3) is 4.05. The fourth-order valence-electron chi connectivity index (χ4n) is 2.03. The van der Waals surface area contributed by atoms with Gasteiger partial charge in [-0.2, -0.15) is 0 Å². The molecule has 2 aromatic rings. The van der Waals surface area contributed by atoms with Gasteiger partial charge in [0.25, 0.3) is 0 Å². The Kier molecular flexibility index (Phi) is 5.49. The molecular formula is C17H19NO4. The maximum Gasteiger partial charge on any atom is 0.244 e. The molecule has 1 aromatic heterocycles. The maximum absolute atomic E-state index is 12.3. The van der Waals surface area contributed by atoms with Gasteiger partial charge >= 0.3 is 0 Å². The van der Waals surface area contributed by atoms with E-state index in [1.54, 1.807) is 19.2 Å². The SMILES string of the molecule is COCCCNC(=O)/C=C/c1coc2ccc(C)cc2c1=O. The number of aryl methyl sites for hydroxylation is 1. The molecule has 0 saturated heterocycles. The minimum absolute atomic E-state index is 0.145. The van der Waals surface area contributed by atoms with E-state index in [1.807, 2.05) is 13.0 Å². The van der Waals surface area contributed by atoms with Gasteiger partial charge < -0.3 is 14.5 Å². The second-order valence-corrected chi connectivity index (χ2v) is 4.99. The van der Waals surface area contributed by atoms with Gasteiger partial charge in [0.15, 0.2) is 5.43 Å². The Morgan fingerprint density at radius 1 is 1.41 bits per heavy atom. The quantitative estimate of drug-likeness (QED) is 0.656. The average molecular weight is 301 g/mol. The molecule has 2 rings (SSSR count). The van der Waals surface area contributed by atoms with Crippen molar-refractivity contribution >= 4 is 23.0 Å². The Hall–Kier alpha value is -2.40. The predicted octanol–water partition coefficient (Wildman–Crippen LogP) is 2.27. The summed E-state index contributed by atoms with van der Waals surface area (Å²) in [6.45, 7) is 3.04. The zero-order chi connectivity index (χ0) is 15.9. The van der Waals surface area contributed by atoms with E-state index in [0.717, 1.165) is 12.0 Å². The molecule has 0 aliphatic rings. The smallest absolute Gasteiger partial charge is 0.244 e. The molecule has 0 aliphatic carbocycles. The molecule has 0 bridgehead atoms. The van der Waals surface area contributed by atoms with E-state index >= 15 is 0 Å². The second kappa shape index (κ2) is 7.56. The molecule has 0 spiro atoms. The second-order valence-electron chi connectivity index (χ2n) is 4.99. The van der Waals surface area contributed by atoms with Crippen molar-refractivity contribution in [3.05, 3.63) is 51.9 Å². The van der Waals surface area contributed by atoms with Crippen molar-refractivity contribution in [2.75, 3.05) is 20.3 Å². The molecular weight excluding hydrogens is 282 g/mol. The van der Waals surface area contributed by atoms with Gasteiger partial charge in [-0.3, -0.25) is 9.59 Å². The van der Waals surface area contributed by atoms with Crippen LogP contribution < -0.4 is 10.7 Å². The van der Waals surface area contributed by atoms with Gasteiger partial charge in [0.1, 0.15) is 11.8 Å². The number of carbonyl (C=O) groups is 1. The summed E-state index contributed by atoms with van der Waals surface area (Å²) in [7, 11) is 1.61. The lowest BCUT2D eigenvalue weighted by molar-refractivity contribution is -0.116. The summed E-state index contributed by atoms with van der Waals surface area (Å²) in [5.41, 5.74) is 1.73. The molecule has 5 heteroatoms. The van der Waals surface area contributed by atoms with Crippen molar-refractivity contribution in [2.24, 2.45) is 0 Å². The number of benzene rings is 1. The normalized spacial score (nSPS) is 11.2. The zero-order valence-electron chi connectivity index (χ0n) is 12.7. The summed E-state index contributed by atoms with van der Waals surface area (Å²) in [4.78, 5) is 24.0. The first-order valence-electron chi connectivity index (χ1n) is 7.09. The third-order valence-electron chi connectivity index (χ3n) is 3.19. The van der Waals surface area contributed by atoms with Gasteiger partial charge in [0.05, 0.1) is 10.9 Å². The van der Waals surface area contributed by atoms with E-state index < -0.39 is 0 Å². The highest BCUT2D eigenvalue weighted by molar-refractivity contribution is 5.92. The van der Waals surface area contributed by atoms with Crippen LogP contribution in [0.15, 0.2) is 39.7 Å². The summed E-state index contributed by atoms with van der Waals surface area (Å²) < 4.78 is 10.3. The Balaban J connectivity index is 2.11. The highest BCUT2D eigenvalue weighted by atomic mass is 16.5. The van der Waals surface area contributed by atoms with Gasteiger partial charge in [-0.05, 0) is 31.6 Å². The lowest BCUT2D eigenvalue weighted by atomic mass is 10.1. The number of ether oxygens (including phenoxy) is 1. The standard InChI is InChI=1S/C17H19NO4/c1-12-4-6-15-14(10-12)17(20)13(11-22-15)5-7-16(19)18-8-3-9-21-2/h4-7,10-11H,3,8-9H2,1-2H3,(H,18,19)/b7-5+. The largest absolute Gasteiger partial charge is 0.463 e. The van der Waals surface area contributed by atoms with Crippen LogP contribution in [0.4, 0.5) is 0 Å². The summed E-state index contributed by atoms with van der Waals surface area (Å²) >= 11 is 0. The van der Waals surface area contributed by atoms with Crippen molar-refractivity contribution in [2.45, 2.75) is 13.3 Å². The molecule has 116 valence electrons. The molecule has 1 aromatic carbocycles. The molecule has 0 saturated carbocycles. The van der Waals surface area contributed by atoms with Crippen LogP contribution in [-0.2, 0) is 9.53 Å². The molecule has 1 heterocycles. The number of methoxy groups -OCH3 is 1. The topological polar surface area (TPSA) is 68.5 Å². The van der Waals surface area contributed by atoms with E-state index in [0.29, 0.717) is 29.7 Å². The highest BCUT2D eigenvalue weighted by Gasteiger charge is 2.05.